The third-order valence-corrected chi connectivity index (χ3v) is 21.1. The molecule has 12 atom stereocenters. The van der Waals surface area contributed by atoms with Gasteiger partial charge in [0, 0.05) is 80.4 Å². The van der Waals surface area contributed by atoms with Crippen molar-refractivity contribution in [3.8, 4) is 0 Å². The number of imidazole rings is 4. The Morgan fingerprint density at radius 3 is 1.00 bits per heavy atom. The van der Waals surface area contributed by atoms with Crippen molar-refractivity contribution in [1.82, 2.24) is 60.3 Å². The molecule has 0 spiro atoms. The Hall–Kier alpha value is -6.96. The van der Waals surface area contributed by atoms with Crippen molar-refractivity contribution in [3.63, 3.8) is 0 Å². The van der Waals surface area contributed by atoms with Gasteiger partial charge in [0.25, 0.3) is 0 Å². The van der Waals surface area contributed by atoms with Crippen molar-refractivity contribution in [2.45, 2.75) is 141 Å². The van der Waals surface area contributed by atoms with Gasteiger partial charge in [0.05, 0.1) is 92.5 Å². The molecule has 4 aromatic heterocycles. The zero-order valence-corrected chi connectivity index (χ0v) is 60.2. The molecule has 6 fully saturated rings. The van der Waals surface area contributed by atoms with E-state index in [9.17, 15) is 9.59 Å². The van der Waals surface area contributed by atoms with E-state index in [4.69, 9.17) is 19.9 Å². The van der Waals surface area contributed by atoms with Crippen molar-refractivity contribution in [3.05, 3.63) is 194 Å². The number of anilines is 2. The van der Waals surface area contributed by atoms with Crippen LogP contribution in [0.15, 0.2) is 133 Å². The Balaban J connectivity index is 0.000000182. The monoisotopic (exact) mass is 1570 g/mol. The number of hydrogen-bond donors (Lipinski definition) is 6. The number of fused-ring (bicyclic) bond motifs is 4. The van der Waals surface area contributed by atoms with Gasteiger partial charge < -0.3 is 65.0 Å². The summed E-state index contributed by atoms with van der Waals surface area (Å²) < 4.78 is 0. The molecule has 6 saturated heterocycles. The fraction of sp³-hybridized carbons (Fsp3) is 0.405. The second-order valence-corrected chi connectivity index (χ2v) is 26.3. The molecule has 6 aliphatic heterocycles. The van der Waals surface area contributed by atoms with Gasteiger partial charge in [0.1, 0.15) is 23.3 Å². The first-order valence-corrected chi connectivity index (χ1v) is 32.6. The molecule has 2 amide bonds. The molecule has 6 aromatic carbocycles. The number of aromatic amines is 4. The number of hydrogen-bond acceptors (Lipinski definition) is 10. The molecular weight excluding hydrogens is 1480 g/mol. The number of para-hydroxylation sites is 2. The van der Waals surface area contributed by atoms with Crippen molar-refractivity contribution < 1.29 is 51.7 Å². The Morgan fingerprint density at radius 1 is 0.402 bits per heavy atom. The van der Waals surface area contributed by atoms with Crippen LogP contribution in [-0.4, -0.2) is 87.7 Å². The molecule has 0 bridgehead atoms. The molecule has 0 radical (unpaired) electrons. The molecule has 480 valence electrons. The largest absolute Gasteiger partial charge is 0.358 e. The first-order chi connectivity index (χ1) is 42.9. The summed E-state index contributed by atoms with van der Waals surface area (Å²) in [5.74, 6) is 5.73. The second kappa shape index (κ2) is 27.5. The molecule has 16 nitrogen and oxygen atoms in total. The number of carbonyl (C=O) groups excluding carboxylic acids is 2. The number of aromatic nitrogens is 8. The third-order valence-electron chi connectivity index (χ3n) is 21.1. The van der Waals surface area contributed by atoms with E-state index in [1.165, 1.54) is 46.5 Å². The maximum Gasteiger partial charge on any atom is 0.220 e. The van der Waals surface area contributed by atoms with E-state index in [2.05, 4.69) is 202 Å². The van der Waals surface area contributed by atoms with Gasteiger partial charge in [-0.15, -0.1) is 0 Å². The molecule has 10 aromatic rings. The zero-order chi connectivity index (χ0) is 59.9. The molecule has 18 heteroatoms. The standard InChI is InChI=1S/C38H43N7O2.C34H39N7.2CH3.2W/c1-22-23(2)36(27-15-17-30-32(21-27)42-38(40-30)34-13-9-19-44(34)25(4)47)45(28-10-6-5-7-11-28)35(22)26-14-16-29-31(20-26)41-37(39-29)33-12-8-18-43(33)24(3)46;1-20-21(2)32(23-13-15-26-30(19-23)40-34(38-26)28-11-7-17-36-28)41(24-8-4-3-5-9-24)31(20)22-12-14-25-29(18-22)39-33(37-25)27-10-6-16-35-27;;;;/h5-7,10-11,14-17,20-23,33-36H,8-9,12-13,18-19H2,1-4H3,(H,39,41)(H,40,42);3-5,8-9,12-15,18-21,27-28,31-32,35-36H,6-7,10-11,16-17H2,1-2H3,(H,37,39)(H,38,40);2*1H3;;/q;;2*-1;;/t22-,23-,33-,34?,35+,36+;20-,21-,27-,28?,31+,32+;;;;/m00..../s1. The molecule has 6 aliphatic rings. The molecule has 0 saturated carbocycles. The van der Waals surface area contributed by atoms with Crippen molar-refractivity contribution >= 4 is 67.3 Å². The van der Waals surface area contributed by atoms with Crippen LogP contribution in [0.3, 0.4) is 0 Å². The minimum atomic E-state index is 0. The van der Waals surface area contributed by atoms with Crippen molar-refractivity contribution in [2.24, 2.45) is 23.7 Å². The Kier molecular flexibility index (Phi) is 19.9. The molecule has 92 heavy (non-hydrogen) atoms. The van der Waals surface area contributed by atoms with Crippen LogP contribution >= 0.6 is 0 Å². The number of carbonyl (C=O) groups is 2. The summed E-state index contributed by atoms with van der Waals surface area (Å²) in [6.45, 7) is 16.6. The van der Waals surface area contributed by atoms with E-state index in [-0.39, 0.29) is 105 Å². The maximum absolute atomic E-state index is 12.3. The SMILES string of the molecule is CC(=O)N1CCCC1c1nc2ccc([C@H]3[C@@H](C)[C@H](C)[C@H](c4ccc5nc([C@@H]6CCCN6C(C)=O)[nH]c5c4)N3c3ccccc3)cc2[nH]1.C[C@H]1[C@H](C)[C@H](c2ccc3nc([C@@H]4CCCN4)[nH]c3c2)N(c2ccccc2)[C@H]1c1ccc2nc(C3CCCN3)[nH]c2c1.[CH3-].[CH3-].[W].[W]. The van der Waals surface area contributed by atoms with E-state index in [1.807, 2.05) is 9.80 Å². The Labute approximate surface area is 570 Å². The molecule has 16 rings (SSSR count). The molecule has 10 heterocycles. The predicted molar refractivity (Wildman–Crippen MR) is 361 cm³/mol. The van der Waals surface area contributed by atoms with E-state index in [0.29, 0.717) is 35.8 Å². The van der Waals surface area contributed by atoms with Gasteiger partial charge in [-0.3, -0.25) is 9.59 Å². The third kappa shape index (κ3) is 12.1. The number of nitrogens with one attached hydrogen (secondary N) is 6. The quantitative estimate of drug-likeness (QED) is 0.0720. The van der Waals surface area contributed by atoms with Crippen LogP contribution in [0.1, 0.15) is 187 Å². The first-order valence-electron chi connectivity index (χ1n) is 32.6. The minimum absolute atomic E-state index is 0. The normalized spacial score (nSPS) is 26.1. The fourth-order valence-electron chi connectivity index (χ4n) is 16.5. The van der Waals surface area contributed by atoms with Crippen LogP contribution in [0.5, 0.6) is 0 Å². The summed E-state index contributed by atoms with van der Waals surface area (Å²) in [4.78, 5) is 68.1. The van der Waals surface area contributed by atoms with Gasteiger partial charge >= 0.3 is 0 Å². The summed E-state index contributed by atoms with van der Waals surface area (Å²) in [6.07, 6.45) is 8.58. The van der Waals surface area contributed by atoms with Crippen LogP contribution in [0.25, 0.3) is 44.1 Å². The van der Waals surface area contributed by atoms with Gasteiger partial charge in [-0.1, -0.05) is 88.4 Å². The maximum atomic E-state index is 12.3. The molecule has 2 unspecified atom stereocenters. The van der Waals surface area contributed by atoms with Gasteiger partial charge in [0.2, 0.25) is 11.8 Å². The van der Waals surface area contributed by atoms with E-state index >= 15 is 0 Å². The Morgan fingerprint density at radius 2 is 0.707 bits per heavy atom. The number of rotatable bonds is 10. The van der Waals surface area contributed by atoms with Crippen molar-refractivity contribution in [1.29, 1.82) is 0 Å². The number of H-pyrrole nitrogens is 4. The average Bonchev–Trinajstić information content (AvgIpc) is 1.60. The average molecular weight is 1570 g/mol. The van der Waals surface area contributed by atoms with Crippen LogP contribution in [0.2, 0.25) is 0 Å². The second-order valence-electron chi connectivity index (χ2n) is 26.3. The van der Waals surface area contributed by atoms with E-state index in [0.717, 1.165) is 132 Å². The number of nitrogens with zero attached hydrogens (tertiary/aromatic N) is 8. The zero-order valence-electron chi connectivity index (χ0n) is 54.3. The minimum Gasteiger partial charge on any atom is -0.358 e. The van der Waals surface area contributed by atoms with E-state index in [1.54, 1.807) is 13.8 Å². The molecular formula is C74H88N14O2W2-2. The number of amides is 2. The number of benzene rings is 6. The van der Waals surface area contributed by atoms with Crippen molar-refractivity contribution in [2.75, 3.05) is 36.0 Å². The summed E-state index contributed by atoms with van der Waals surface area (Å²) in [5.41, 5.74) is 15.9. The van der Waals surface area contributed by atoms with E-state index < -0.39 is 0 Å². The van der Waals surface area contributed by atoms with Crippen LogP contribution < -0.4 is 20.4 Å². The molecule has 0 aliphatic carbocycles. The first kappa shape index (κ1) is 66.5. The smallest absolute Gasteiger partial charge is 0.220 e. The fourth-order valence-corrected chi connectivity index (χ4v) is 16.5. The molecule has 6 N–H and O–H groups in total. The van der Waals surface area contributed by atoms with Gasteiger partial charge in [0.15, 0.2) is 0 Å². The summed E-state index contributed by atoms with van der Waals surface area (Å²) in [7, 11) is 0. The predicted octanol–water partition coefficient (Wildman–Crippen LogP) is 15.1. The van der Waals surface area contributed by atoms with Crippen LogP contribution in [-0.2, 0) is 51.7 Å². The van der Waals surface area contributed by atoms with Crippen LogP contribution in [0.4, 0.5) is 11.4 Å². The summed E-state index contributed by atoms with van der Waals surface area (Å²) >= 11 is 0. The number of likely N-dealkylation sites (tertiary alicyclic amines) is 2. The summed E-state index contributed by atoms with van der Waals surface area (Å²) in [5, 5.41) is 7.17. The van der Waals surface area contributed by atoms with Crippen LogP contribution in [0, 0.1) is 38.5 Å². The summed E-state index contributed by atoms with van der Waals surface area (Å²) in [6, 6.07) is 50.2. The van der Waals surface area contributed by atoms with Gasteiger partial charge in [-0.05, 0) is 183 Å². The van der Waals surface area contributed by atoms with Gasteiger partial charge in [-0.25, -0.2) is 19.9 Å². The Bertz CT molecular complexity index is 3960. The van der Waals surface area contributed by atoms with Gasteiger partial charge in [-0.2, -0.15) is 0 Å². The topological polar surface area (TPSA) is 186 Å².